The van der Waals surface area contributed by atoms with Crippen LogP contribution in [0.1, 0.15) is 36.6 Å². The molecule has 72 valence electrons. The Balaban J connectivity index is 2.55. The molecular formula is C11H14BrCl. The van der Waals surface area contributed by atoms with Gasteiger partial charge >= 0.3 is 0 Å². The normalized spacial score (nSPS) is 12.8. The first-order valence-corrected chi connectivity index (χ1v) is 5.93. The van der Waals surface area contributed by atoms with Crippen molar-refractivity contribution in [1.82, 2.24) is 0 Å². The van der Waals surface area contributed by atoms with Crippen molar-refractivity contribution in [3.63, 3.8) is 0 Å². The Labute approximate surface area is 93.4 Å². The molecule has 0 fully saturated rings. The van der Waals surface area contributed by atoms with Crippen LogP contribution in [0.3, 0.4) is 0 Å². The molecular weight excluding hydrogens is 247 g/mol. The molecule has 13 heavy (non-hydrogen) atoms. The fourth-order valence-corrected chi connectivity index (χ4v) is 1.98. The lowest BCUT2D eigenvalue weighted by atomic mass is 10.1. The number of alkyl halides is 1. The highest BCUT2D eigenvalue weighted by molar-refractivity contribution is 9.09. The zero-order valence-electron chi connectivity index (χ0n) is 7.76. The molecule has 1 aromatic carbocycles. The van der Waals surface area contributed by atoms with E-state index in [4.69, 9.17) is 11.6 Å². The van der Waals surface area contributed by atoms with Crippen molar-refractivity contribution >= 4 is 27.5 Å². The standard InChI is InChI=1S/C11H14BrCl/c1-2-3-4-11(12)9-5-7-10(13)8-6-9/h5-8,11H,2-4H2,1H3. The predicted octanol–water partition coefficient (Wildman–Crippen LogP) is 4.97. The fourth-order valence-electron chi connectivity index (χ4n) is 1.22. The third-order valence-corrected chi connectivity index (χ3v) is 3.28. The van der Waals surface area contributed by atoms with Crippen LogP contribution in [-0.2, 0) is 0 Å². The number of hydrogen-bond donors (Lipinski definition) is 0. The maximum absolute atomic E-state index is 5.81. The lowest BCUT2D eigenvalue weighted by Gasteiger charge is -2.08. The van der Waals surface area contributed by atoms with Gasteiger partial charge in [-0.3, -0.25) is 0 Å². The van der Waals surface area contributed by atoms with Gasteiger partial charge in [-0.15, -0.1) is 0 Å². The highest BCUT2D eigenvalue weighted by Crippen LogP contribution is 2.28. The highest BCUT2D eigenvalue weighted by Gasteiger charge is 2.05. The Morgan fingerprint density at radius 1 is 1.31 bits per heavy atom. The molecule has 0 aliphatic heterocycles. The Morgan fingerprint density at radius 2 is 1.92 bits per heavy atom. The average Bonchev–Trinajstić information content (AvgIpc) is 2.15. The third-order valence-electron chi connectivity index (χ3n) is 2.04. The molecule has 0 spiro atoms. The van der Waals surface area contributed by atoms with Crippen molar-refractivity contribution < 1.29 is 0 Å². The SMILES string of the molecule is CCCCC(Br)c1ccc(Cl)cc1. The summed E-state index contributed by atoms with van der Waals surface area (Å²) in [5.74, 6) is 0. The number of hydrogen-bond acceptors (Lipinski definition) is 0. The molecule has 0 N–H and O–H groups in total. The zero-order valence-corrected chi connectivity index (χ0v) is 10.1. The first-order valence-electron chi connectivity index (χ1n) is 4.63. The fraction of sp³-hybridized carbons (Fsp3) is 0.455. The zero-order chi connectivity index (χ0) is 9.68. The van der Waals surface area contributed by atoms with Crippen LogP contribution in [0.25, 0.3) is 0 Å². The van der Waals surface area contributed by atoms with Crippen molar-refractivity contribution in [2.75, 3.05) is 0 Å². The summed E-state index contributed by atoms with van der Waals surface area (Å²) in [7, 11) is 0. The quantitative estimate of drug-likeness (QED) is 0.672. The summed E-state index contributed by atoms with van der Waals surface area (Å²) < 4.78 is 0. The molecule has 1 atom stereocenters. The van der Waals surface area contributed by atoms with Crippen molar-refractivity contribution in [1.29, 1.82) is 0 Å². The second-order valence-corrected chi connectivity index (χ2v) is 4.70. The molecule has 0 aliphatic rings. The first kappa shape index (κ1) is 11.1. The summed E-state index contributed by atoms with van der Waals surface area (Å²) in [5.41, 5.74) is 1.32. The maximum atomic E-state index is 5.81. The average molecular weight is 262 g/mol. The minimum absolute atomic E-state index is 0.477. The van der Waals surface area contributed by atoms with Crippen molar-refractivity contribution in [2.24, 2.45) is 0 Å². The van der Waals surface area contributed by atoms with Gasteiger partial charge in [-0.1, -0.05) is 59.4 Å². The van der Waals surface area contributed by atoms with Crippen LogP contribution >= 0.6 is 27.5 Å². The summed E-state index contributed by atoms with van der Waals surface area (Å²) >= 11 is 9.47. The maximum Gasteiger partial charge on any atom is 0.0406 e. The summed E-state index contributed by atoms with van der Waals surface area (Å²) in [4.78, 5) is 0.477. The molecule has 0 nitrogen and oxygen atoms in total. The van der Waals surface area contributed by atoms with E-state index < -0.39 is 0 Å². The summed E-state index contributed by atoms with van der Waals surface area (Å²) in [6.45, 7) is 2.21. The van der Waals surface area contributed by atoms with Gasteiger partial charge in [0.25, 0.3) is 0 Å². The Bertz CT molecular complexity index is 243. The van der Waals surface area contributed by atoms with Gasteiger partial charge in [0.05, 0.1) is 0 Å². The highest BCUT2D eigenvalue weighted by atomic mass is 79.9. The molecule has 1 aromatic rings. The van der Waals surface area contributed by atoms with Crippen LogP contribution in [-0.4, -0.2) is 0 Å². The minimum Gasteiger partial charge on any atom is -0.0843 e. The number of rotatable bonds is 4. The molecule has 0 aliphatic carbocycles. The van der Waals surface area contributed by atoms with Crippen LogP contribution in [0.4, 0.5) is 0 Å². The monoisotopic (exact) mass is 260 g/mol. The molecule has 1 unspecified atom stereocenters. The smallest absolute Gasteiger partial charge is 0.0406 e. The van der Waals surface area contributed by atoms with E-state index in [1.54, 1.807) is 0 Å². The minimum atomic E-state index is 0.477. The van der Waals surface area contributed by atoms with Gasteiger partial charge in [-0.05, 0) is 24.1 Å². The van der Waals surface area contributed by atoms with E-state index in [0.29, 0.717) is 4.83 Å². The van der Waals surface area contributed by atoms with Gasteiger partial charge in [0, 0.05) is 9.85 Å². The van der Waals surface area contributed by atoms with Crippen LogP contribution < -0.4 is 0 Å². The van der Waals surface area contributed by atoms with E-state index in [0.717, 1.165) is 5.02 Å². The second kappa shape index (κ2) is 5.66. The van der Waals surface area contributed by atoms with E-state index in [-0.39, 0.29) is 0 Å². The van der Waals surface area contributed by atoms with Gasteiger partial charge in [0.2, 0.25) is 0 Å². The van der Waals surface area contributed by atoms with Crippen LogP contribution in [0.5, 0.6) is 0 Å². The van der Waals surface area contributed by atoms with Crippen LogP contribution in [0.15, 0.2) is 24.3 Å². The van der Waals surface area contributed by atoms with E-state index in [9.17, 15) is 0 Å². The largest absolute Gasteiger partial charge is 0.0843 e. The molecule has 0 heterocycles. The number of benzene rings is 1. The van der Waals surface area contributed by atoms with Gasteiger partial charge < -0.3 is 0 Å². The Morgan fingerprint density at radius 3 is 2.46 bits per heavy atom. The summed E-state index contributed by atoms with van der Waals surface area (Å²) in [5, 5.41) is 0.805. The van der Waals surface area contributed by atoms with Crippen LogP contribution in [0.2, 0.25) is 5.02 Å². The lowest BCUT2D eigenvalue weighted by molar-refractivity contribution is 0.713. The summed E-state index contributed by atoms with van der Waals surface area (Å²) in [6, 6.07) is 8.04. The van der Waals surface area contributed by atoms with Crippen molar-refractivity contribution in [3.8, 4) is 0 Å². The summed E-state index contributed by atoms with van der Waals surface area (Å²) in [6.07, 6.45) is 3.70. The molecule has 0 amide bonds. The van der Waals surface area contributed by atoms with Gasteiger partial charge in [0.15, 0.2) is 0 Å². The Kier molecular flexibility index (Phi) is 4.82. The van der Waals surface area contributed by atoms with Crippen molar-refractivity contribution in [3.05, 3.63) is 34.9 Å². The lowest BCUT2D eigenvalue weighted by Crippen LogP contribution is -1.88. The van der Waals surface area contributed by atoms with Gasteiger partial charge in [-0.2, -0.15) is 0 Å². The molecule has 0 saturated heterocycles. The van der Waals surface area contributed by atoms with E-state index in [1.807, 2.05) is 12.1 Å². The van der Waals surface area contributed by atoms with Gasteiger partial charge in [-0.25, -0.2) is 0 Å². The molecule has 1 rings (SSSR count). The van der Waals surface area contributed by atoms with E-state index in [1.165, 1.54) is 24.8 Å². The third kappa shape index (κ3) is 3.70. The van der Waals surface area contributed by atoms with Gasteiger partial charge in [0.1, 0.15) is 0 Å². The number of halogens is 2. The molecule has 0 aromatic heterocycles. The van der Waals surface area contributed by atoms with E-state index in [2.05, 4.69) is 35.0 Å². The molecule has 2 heteroatoms. The predicted molar refractivity (Wildman–Crippen MR) is 62.6 cm³/mol. The van der Waals surface area contributed by atoms with Crippen molar-refractivity contribution in [2.45, 2.75) is 31.0 Å². The van der Waals surface area contributed by atoms with E-state index >= 15 is 0 Å². The molecule has 0 radical (unpaired) electrons. The Hall–Kier alpha value is -0.0100. The topological polar surface area (TPSA) is 0 Å². The second-order valence-electron chi connectivity index (χ2n) is 3.16. The van der Waals surface area contributed by atoms with Crippen LogP contribution in [0, 0.1) is 0 Å². The molecule has 0 bridgehead atoms. The number of unbranched alkanes of at least 4 members (excludes halogenated alkanes) is 1. The molecule has 0 saturated carbocycles. The first-order chi connectivity index (χ1) is 6.24.